The van der Waals surface area contributed by atoms with E-state index in [1.807, 2.05) is 30.3 Å². The molecule has 0 aliphatic rings. The van der Waals surface area contributed by atoms with Crippen LogP contribution in [-0.2, 0) is 9.59 Å². The van der Waals surface area contributed by atoms with Crippen molar-refractivity contribution in [2.75, 3.05) is 6.54 Å². The summed E-state index contributed by atoms with van der Waals surface area (Å²) in [6.45, 7) is 3.73. The molecule has 0 fully saturated rings. The molecule has 0 saturated carbocycles. The van der Waals surface area contributed by atoms with E-state index in [1.54, 1.807) is 11.5 Å². The molecule has 2 unspecified atom stereocenters. The van der Waals surface area contributed by atoms with Gasteiger partial charge in [-0.05, 0) is 41.7 Å². The predicted octanol–water partition coefficient (Wildman–Crippen LogP) is 3.93. The van der Waals surface area contributed by atoms with E-state index < -0.39 is 11.7 Å². The van der Waals surface area contributed by atoms with Crippen LogP contribution >= 0.6 is 11.6 Å². The van der Waals surface area contributed by atoms with Gasteiger partial charge in [0.15, 0.2) is 0 Å². The van der Waals surface area contributed by atoms with Gasteiger partial charge in [-0.1, -0.05) is 54.6 Å². The van der Waals surface area contributed by atoms with Gasteiger partial charge in [0.25, 0.3) is 0 Å². The van der Waals surface area contributed by atoms with Gasteiger partial charge >= 0.3 is 0 Å². The molecule has 0 heterocycles. The molecule has 5 nitrogen and oxygen atoms in total. The van der Waals surface area contributed by atoms with Crippen LogP contribution in [0, 0.1) is 5.82 Å². The van der Waals surface area contributed by atoms with Crippen molar-refractivity contribution in [2.45, 2.75) is 24.7 Å². The summed E-state index contributed by atoms with van der Waals surface area (Å²) >= 11 is 6.30. The number of amides is 2. The molecule has 0 aromatic heterocycles. The Kier molecular flexibility index (Phi) is 8.17. The normalized spacial score (nSPS) is 12.7. The van der Waals surface area contributed by atoms with E-state index in [1.165, 1.54) is 18.2 Å². The Balaban J connectivity index is 2.44. The summed E-state index contributed by atoms with van der Waals surface area (Å²) in [6.07, 6.45) is 1.55. The van der Waals surface area contributed by atoms with E-state index in [9.17, 15) is 14.0 Å². The first-order valence-corrected chi connectivity index (χ1v) is 9.17. The molecule has 2 rings (SSSR count). The molecule has 2 amide bonds. The maximum Gasteiger partial charge on any atom is 0.243 e. The average molecular weight is 405 g/mol. The Bertz CT molecular complexity index is 830. The highest BCUT2D eigenvalue weighted by atomic mass is 35.5. The highest BCUT2D eigenvalue weighted by molar-refractivity contribution is 6.31. The fourth-order valence-electron chi connectivity index (χ4n) is 3.19. The lowest BCUT2D eigenvalue weighted by atomic mass is 9.78. The molecule has 148 valence electrons. The quantitative estimate of drug-likeness (QED) is 0.336. The van der Waals surface area contributed by atoms with Crippen LogP contribution in [0.25, 0.3) is 0 Å². The summed E-state index contributed by atoms with van der Waals surface area (Å²) in [4.78, 5) is 23.3. The second-order valence-corrected chi connectivity index (χ2v) is 6.72. The minimum absolute atomic E-state index is 0.0353. The van der Waals surface area contributed by atoms with Gasteiger partial charge in [0, 0.05) is 23.9 Å². The molecule has 0 radical (unpaired) electrons. The lowest BCUT2D eigenvalue weighted by Crippen LogP contribution is -2.30. The van der Waals surface area contributed by atoms with Crippen LogP contribution in [0.5, 0.6) is 0 Å². The van der Waals surface area contributed by atoms with E-state index in [4.69, 9.17) is 16.8 Å². The molecule has 0 spiro atoms. The third-order valence-electron chi connectivity index (χ3n) is 4.56. The van der Waals surface area contributed by atoms with Crippen LogP contribution in [0.15, 0.2) is 61.2 Å². The average Bonchev–Trinajstić information content (AvgIpc) is 2.71. The van der Waals surface area contributed by atoms with Crippen LogP contribution in [0.2, 0.25) is 5.02 Å². The molecule has 2 aromatic carbocycles. The highest BCUT2D eigenvalue weighted by Crippen LogP contribution is 2.39. The number of hydrogen-bond acceptors (Lipinski definition) is 3. The second kappa shape index (κ2) is 10.6. The topological polar surface area (TPSA) is 78.4 Å². The number of carbonyl (C=O) groups excluding carboxylic acids is 2. The fraction of sp³-hybridized carbons (Fsp3) is 0.238. The third kappa shape index (κ3) is 5.90. The molecular weight excluding hydrogens is 383 g/mol. The van der Waals surface area contributed by atoms with Gasteiger partial charge in [0.1, 0.15) is 5.82 Å². The second-order valence-electron chi connectivity index (χ2n) is 6.31. The summed E-state index contributed by atoms with van der Waals surface area (Å²) in [5.74, 6) is -1.86. The van der Waals surface area contributed by atoms with Crippen molar-refractivity contribution in [3.05, 3.63) is 83.2 Å². The van der Waals surface area contributed by atoms with Crippen molar-refractivity contribution in [2.24, 2.45) is 0 Å². The van der Waals surface area contributed by atoms with Crippen LogP contribution in [0.4, 0.5) is 4.39 Å². The number of halogens is 2. The fourth-order valence-corrected chi connectivity index (χ4v) is 3.50. The van der Waals surface area contributed by atoms with E-state index in [0.717, 1.165) is 5.56 Å². The Labute approximate surface area is 168 Å². The van der Waals surface area contributed by atoms with Gasteiger partial charge in [0.05, 0.1) is 0 Å². The Morgan fingerprint density at radius 1 is 1.18 bits per heavy atom. The van der Waals surface area contributed by atoms with E-state index in [-0.39, 0.29) is 35.7 Å². The third-order valence-corrected chi connectivity index (χ3v) is 4.89. The Morgan fingerprint density at radius 2 is 1.89 bits per heavy atom. The smallest absolute Gasteiger partial charge is 0.243 e. The SMILES string of the molecule is C=CC(=O)NCC(c1ccccc1)C(CCC(=O)NO)c1ccc(F)cc1Cl. The number of hydroxylamine groups is 1. The Morgan fingerprint density at radius 3 is 2.50 bits per heavy atom. The van der Waals surface area contributed by atoms with E-state index >= 15 is 0 Å². The molecule has 2 aromatic rings. The highest BCUT2D eigenvalue weighted by Gasteiger charge is 2.27. The minimum Gasteiger partial charge on any atom is -0.352 e. The molecule has 0 bridgehead atoms. The zero-order valence-electron chi connectivity index (χ0n) is 15.2. The Hall–Kier alpha value is -2.70. The van der Waals surface area contributed by atoms with Crippen molar-refractivity contribution < 1.29 is 19.2 Å². The zero-order chi connectivity index (χ0) is 20.5. The number of rotatable bonds is 9. The van der Waals surface area contributed by atoms with Crippen LogP contribution in [0.1, 0.15) is 35.8 Å². The van der Waals surface area contributed by atoms with Gasteiger partial charge in [0.2, 0.25) is 11.8 Å². The number of nitrogens with one attached hydrogen (secondary N) is 2. The van der Waals surface area contributed by atoms with E-state index in [0.29, 0.717) is 12.0 Å². The summed E-state index contributed by atoms with van der Waals surface area (Å²) in [6, 6.07) is 13.6. The van der Waals surface area contributed by atoms with Crippen molar-refractivity contribution >= 4 is 23.4 Å². The summed E-state index contributed by atoms with van der Waals surface area (Å²) in [5.41, 5.74) is 3.21. The monoisotopic (exact) mass is 404 g/mol. The number of benzene rings is 2. The van der Waals surface area contributed by atoms with Crippen molar-refractivity contribution in [1.29, 1.82) is 0 Å². The first kappa shape index (κ1) is 21.6. The maximum absolute atomic E-state index is 13.6. The largest absolute Gasteiger partial charge is 0.352 e. The predicted molar refractivity (Wildman–Crippen MR) is 106 cm³/mol. The summed E-state index contributed by atoms with van der Waals surface area (Å²) < 4.78 is 13.6. The first-order valence-electron chi connectivity index (χ1n) is 8.79. The first-order chi connectivity index (χ1) is 13.5. The van der Waals surface area contributed by atoms with Crippen LogP contribution < -0.4 is 10.8 Å². The van der Waals surface area contributed by atoms with Crippen molar-refractivity contribution in [3.8, 4) is 0 Å². The summed E-state index contributed by atoms with van der Waals surface area (Å²) in [7, 11) is 0. The van der Waals surface area contributed by atoms with Crippen LogP contribution in [-0.4, -0.2) is 23.6 Å². The van der Waals surface area contributed by atoms with Gasteiger partial charge in [-0.15, -0.1) is 0 Å². The van der Waals surface area contributed by atoms with Crippen molar-refractivity contribution in [1.82, 2.24) is 10.8 Å². The maximum atomic E-state index is 13.6. The van der Waals surface area contributed by atoms with Gasteiger partial charge in [-0.3, -0.25) is 14.8 Å². The molecule has 3 N–H and O–H groups in total. The lowest BCUT2D eigenvalue weighted by Gasteiger charge is -2.29. The number of hydrogen-bond donors (Lipinski definition) is 3. The van der Waals surface area contributed by atoms with Gasteiger partial charge in [-0.2, -0.15) is 0 Å². The standard InChI is InChI=1S/C21H22ClFN2O3/c1-2-20(26)24-13-18(14-6-4-3-5-7-14)16(10-11-21(27)25-28)17-9-8-15(23)12-19(17)22/h2-9,12,16,18,28H,1,10-11,13H2,(H,24,26)(H,25,27). The number of carbonyl (C=O) groups is 2. The van der Waals surface area contributed by atoms with Gasteiger partial charge < -0.3 is 5.32 Å². The lowest BCUT2D eigenvalue weighted by molar-refractivity contribution is -0.129. The van der Waals surface area contributed by atoms with Gasteiger partial charge in [-0.25, -0.2) is 9.87 Å². The minimum atomic E-state index is -0.537. The molecule has 0 aliphatic heterocycles. The summed E-state index contributed by atoms with van der Waals surface area (Å²) in [5, 5.41) is 11.9. The van der Waals surface area contributed by atoms with Crippen molar-refractivity contribution in [3.63, 3.8) is 0 Å². The van der Waals surface area contributed by atoms with E-state index in [2.05, 4.69) is 11.9 Å². The molecule has 2 atom stereocenters. The molecule has 0 saturated heterocycles. The van der Waals surface area contributed by atoms with Crippen LogP contribution in [0.3, 0.4) is 0 Å². The molecule has 7 heteroatoms. The zero-order valence-corrected chi connectivity index (χ0v) is 16.0. The molecule has 0 aliphatic carbocycles. The molecule has 28 heavy (non-hydrogen) atoms. The molecular formula is C21H22ClFN2O3.